The van der Waals surface area contributed by atoms with Crippen molar-refractivity contribution in [3.8, 4) is 0 Å². The number of fused-ring (bicyclic) bond motifs is 1. The molecule has 3 rings (SSSR count). The quantitative estimate of drug-likeness (QED) is 0.526. The van der Waals surface area contributed by atoms with E-state index in [1.54, 1.807) is 6.07 Å². The van der Waals surface area contributed by atoms with Crippen molar-refractivity contribution in [2.45, 2.75) is 19.3 Å². The zero-order chi connectivity index (χ0) is 14.3. The number of hydrogen-bond acceptors (Lipinski definition) is 4. The van der Waals surface area contributed by atoms with Crippen LogP contribution in [0.25, 0.3) is 0 Å². The molecule has 1 aliphatic carbocycles. The van der Waals surface area contributed by atoms with Gasteiger partial charge in [-0.15, -0.1) is 0 Å². The number of benzene rings is 1. The number of hydrogen-bond donors (Lipinski definition) is 1. The fourth-order valence-electron chi connectivity index (χ4n) is 2.72. The molecular weight excluding hydrogens is 276 g/mol. The molecule has 2 aliphatic rings. The van der Waals surface area contributed by atoms with Crippen molar-refractivity contribution >= 4 is 24.2 Å². The van der Waals surface area contributed by atoms with Crippen LogP contribution in [-0.2, 0) is 6.42 Å². The number of thiol groups is 1. The highest BCUT2D eigenvalue weighted by molar-refractivity contribution is 7.80. The molecule has 0 atom stereocenters. The number of carbonyl (C=O) groups is 1. The Morgan fingerprint density at radius 1 is 1.40 bits per heavy atom. The van der Waals surface area contributed by atoms with Crippen molar-refractivity contribution in [3.63, 3.8) is 0 Å². The molecule has 1 fully saturated rings. The van der Waals surface area contributed by atoms with Crippen molar-refractivity contribution in [3.05, 3.63) is 39.4 Å². The fourth-order valence-corrected chi connectivity index (χ4v) is 3.14. The minimum absolute atomic E-state index is 0.0192. The first-order chi connectivity index (χ1) is 9.54. The number of carbonyl (C=O) groups excluding carboxylic acids is 1. The molecule has 0 aromatic heterocycles. The van der Waals surface area contributed by atoms with Gasteiger partial charge >= 0.3 is 0 Å². The van der Waals surface area contributed by atoms with Crippen LogP contribution in [0, 0.1) is 15.5 Å². The number of amides is 1. The lowest BCUT2D eigenvalue weighted by Crippen LogP contribution is -2.41. The standard InChI is InChI=1S/C14H16N2O3S/c17-13-12-7-11(16(18)19)2-1-10(12)3-6-15(13)8-14(9-20)4-5-14/h1-2,7,20H,3-6,8-9H2. The molecule has 6 heteroatoms. The molecule has 0 unspecified atom stereocenters. The topological polar surface area (TPSA) is 63.4 Å². The molecule has 1 aromatic carbocycles. The molecular formula is C14H16N2O3S. The first-order valence-electron chi connectivity index (χ1n) is 6.72. The van der Waals surface area contributed by atoms with Gasteiger partial charge in [-0.3, -0.25) is 14.9 Å². The van der Waals surface area contributed by atoms with Crippen LogP contribution in [0.1, 0.15) is 28.8 Å². The smallest absolute Gasteiger partial charge is 0.270 e. The zero-order valence-corrected chi connectivity index (χ0v) is 11.9. The highest BCUT2D eigenvalue weighted by Crippen LogP contribution is 2.47. The first-order valence-corrected chi connectivity index (χ1v) is 7.35. The van der Waals surface area contributed by atoms with Crippen LogP contribution in [-0.4, -0.2) is 34.6 Å². The number of nitro groups is 1. The van der Waals surface area contributed by atoms with E-state index >= 15 is 0 Å². The molecule has 0 spiro atoms. The molecule has 5 nitrogen and oxygen atoms in total. The van der Waals surface area contributed by atoms with E-state index in [0.29, 0.717) is 12.1 Å². The maximum atomic E-state index is 12.5. The monoisotopic (exact) mass is 292 g/mol. The van der Waals surface area contributed by atoms with Gasteiger partial charge < -0.3 is 4.90 Å². The number of nitrogens with zero attached hydrogens (tertiary/aromatic N) is 2. The Kier molecular flexibility index (Phi) is 3.20. The fraction of sp³-hybridized carbons (Fsp3) is 0.500. The molecule has 1 aliphatic heterocycles. The van der Waals surface area contributed by atoms with Gasteiger partial charge in [0.05, 0.1) is 4.92 Å². The Morgan fingerprint density at radius 3 is 2.75 bits per heavy atom. The summed E-state index contributed by atoms with van der Waals surface area (Å²) in [4.78, 5) is 24.7. The van der Waals surface area contributed by atoms with Gasteiger partial charge in [0.25, 0.3) is 11.6 Å². The van der Waals surface area contributed by atoms with Crippen LogP contribution < -0.4 is 0 Å². The SMILES string of the molecule is O=C1c2cc([N+](=O)[O-])ccc2CCN1CC1(CS)CC1. The van der Waals surface area contributed by atoms with Crippen LogP contribution >= 0.6 is 12.6 Å². The van der Waals surface area contributed by atoms with Crippen molar-refractivity contribution in [1.29, 1.82) is 0 Å². The zero-order valence-electron chi connectivity index (χ0n) is 11.0. The molecule has 0 N–H and O–H groups in total. The summed E-state index contributed by atoms with van der Waals surface area (Å²) in [6.45, 7) is 1.41. The highest BCUT2D eigenvalue weighted by atomic mass is 32.1. The van der Waals surface area contributed by atoms with E-state index in [2.05, 4.69) is 12.6 Å². The molecule has 1 heterocycles. The van der Waals surface area contributed by atoms with Gasteiger partial charge in [-0.2, -0.15) is 12.6 Å². The summed E-state index contributed by atoms with van der Waals surface area (Å²) in [7, 11) is 0. The molecule has 0 saturated heterocycles. The lowest BCUT2D eigenvalue weighted by molar-refractivity contribution is -0.384. The van der Waals surface area contributed by atoms with E-state index in [1.807, 2.05) is 4.90 Å². The first kappa shape index (κ1) is 13.4. The van der Waals surface area contributed by atoms with Gasteiger partial charge in [0.2, 0.25) is 0 Å². The van der Waals surface area contributed by atoms with Crippen LogP contribution in [0.2, 0.25) is 0 Å². The van der Waals surface area contributed by atoms with E-state index in [-0.39, 0.29) is 17.0 Å². The summed E-state index contributed by atoms with van der Waals surface area (Å²) in [5.41, 5.74) is 1.55. The van der Waals surface area contributed by atoms with Crippen molar-refractivity contribution in [2.24, 2.45) is 5.41 Å². The summed E-state index contributed by atoms with van der Waals surface area (Å²) in [6.07, 6.45) is 2.99. The van der Waals surface area contributed by atoms with Crippen molar-refractivity contribution in [2.75, 3.05) is 18.8 Å². The molecule has 0 bridgehead atoms. The average Bonchev–Trinajstić information content (AvgIpc) is 3.22. The Bertz CT molecular complexity index is 584. The van der Waals surface area contributed by atoms with Gasteiger partial charge in [-0.25, -0.2) is 0 Å². The number of non-ortho nitro benzene ring substituents is 1. The third-order valence-electron chi connectivity index (χ3n) is 4.29. The molecule has 1 aromatic rings. The normalized spacial score (nSPS) is 19.6. The third kappa shape index (κ3) is 2.28. The Balaban J connectivity index is 1.85. The second kappa shape index (κ2) is 4.77. The molecule has 20 heavy (non-hydrogen) atoms. The van der Waals surface area contributed by atoms with Crippen LogP contribution in [0.15, 0.2) is 18.2 Å². The average molecular weight is 292 g/mol. The summed E-state index contributed by atoms with van der Waals surface area (Å²) in [5.74, 6) is 0.710. The Hall–Kier alpha value is -1.56. The van der Waals surface area contributed by atoms with E-state index < -0.39 is 4.92 Å². The summed E-state index contributed by atoms with van der Waals surface area (Å²) in [6, 6.07) is 4.58. The number of rotatable bonds is 4. The van der Waals surface area contributed by atoms with Gasteiger partial charge in [0, 0.05) is 30.8 Å². The summed E-state index contributed by atoms with van der Waals surface area (Å²) < 4.78 is 0. The van der Waals surface area contributed by atoms with E-state index in [1.165, 1.54) is 12.1 Å². The minimum Gasteiger partial charge on any atom is -0.338 e. The van der Waals surface area contributed by atoms with E-state index in [0.717, 1.165) is 37.1 Å². The maximum Gasteiger partial charge on any atom is 0.270 e. The second-order valence-corrected chi connectivity index (χ2v) is 6.05. The Morgan fingerprint density at radius 2 is 2.15 bits per heavy atom. The van der Waals surface area contributed by atoms with Gasteiger partial charge in [0.1, 0.15) is 0 Å². The summed E-state index contributed by atoms with van der Waals surface area (Å²) >= 11 is 4.36. The third-order valence-corrected chi connectivity index (χ3v) is 4.96. The maximum absolute atomic E-state index is 12.5. The predicted molar refractivity (Wildman–Crippen MR) is 78.2 cm³/mol. The molecule has 1 saturated carbocycles. The lowest BCUT2D eigenvalue weighted by atomic mass is 9.97. The van der Waals surface area contributed by atoms with Gasteiger partial charge in [-0.05, 0) is 36.0 Å². The van der Waals surface area contributed by atoms with Crippen molar-refractivity contribution in [1.82, 2.24) is 4.90 Å². The molecule has 106 valence electrons. The van der Waals surface area contributed by atoms with E-state index in [4.69, 9.17) is 0 Å². The van der Waals surface area contributed by atoms with Crippen LogP contribution in [0.5, 0.6) is 0 Å². The lowest BCUT2D eigenvalue weighted by Gasteiger charge is -2.31. The summed E-state index contributed by atoms with van der Waals surface area (Å²) in [5, 5.41) is 10.8. The minimum atomic E-state index is -0.456. The van der Waals surface area contributed by atoms with Crippen LogP contribution in [0.3, 0.4) is 0 Å². The highest BCUT2D eigenvalue weighted by Gasteiger charge is 2.44. The largest absolute Gasteiger partial charge is 0.338 e. The van der Waals surface area contributed by atoms with Crippen LogP contribution in [0.4, 0.5) is 5.69 Å². The predicted octanol–water partition coefficient (Wildman–Crippen LogP) is 2.30. The van der Waals surface area contributed by atoms with Gasteiger partial charge in [0.15, 0.2) is 0 Å². The van der Waals surface area contributed by atoms with Crippen molar-refractivity contribution < 1.29 is 9.72 Å². The second-order valence-electron chi connectivity index (χ2n) is 5.73. The Labute approximate surface area is 122 Å². The molecule has 0 radical (unpaired) electrons. The molecule has 1 amide bonds. The number of nitro benzene ring substituents is 1. The van der Waals surface area contributed by atoms with Gasteiger partial charge in [-0.1, -0.05) is 6.07 Å². The van der Waals surface area contributed by atoms with E-state index in [9.17, 15) is 14.9 Å².